The molecule has 168 valence electrons. The van der Waals surface area contributed by atoms with Crippen LogP contribution in [0.5, 0.6) is 0 Å². The summed E-state index contributed by atoms with van der Waals surface area (Å²) >= 11 is -2.19. The van der Waals surface area contributed by atoms with E-state index < -0.39 is 29.0 Å². The average Bonchev–Trinajstić information content (AvgIpc) is 2.83. The van der Waals surface area contributed by atoms with E-state index in [0.29, 0.717) is 17.0 Å². The van der Waals surface area contributed by atoms with E-state index in [9.17, 15) is 13.0 Å². The summed E-state index contributed by atoms with van der Waals surface area (Å²) in [5, 5.41) is 0. The van der Waals surface area contributed by atoms with Gasteiger partial charge in [0.1, 0.15) is 5.82 Å². The second kappa shape index (κ2) is 10.5. The fourth-order valence-electron chi connectivity index (χ4n) is 3.85. The first kappa shape index (κ1) is 22.8. The van der Waals surface area contributed by atoms with Crippen molar-refractivity contribution >= 4 is 11.3 Å². The van der Waals surface area contributed by atoms with Gasteiger partial charge in [-0.25, -0.2) is 18.3 Å². The van der Waals surface area contributed by atoms with Gasteiger partial charge in [-0.15, -0.1) is 0 Å². The van der Waals surface area contributed by atoms with Crippen LogP contribution in [0, 0.1) is 11.8 Å². The van der Waals surface area contributed by atoms with Gasteiger partial charge in [-0.1, -0.05) is 30.3 Å². The molecule has 0 aliphatic carbocycles. The number of pyridine rings is 3. The largest absolute Gasteiger partial charge is 0.294 e. The third kappa shape index (κ3) is 5.51. The van der Waals surface area contributed by atoms with Crippen molar-refractivity contribution in [1.82, 2.24) is 19.7 Å². The molecule has 0 saturated heterocycles. The Kier molecular flexibility index (Phi) is 7.23. The molecule has 0 saturated carbocycles. The Hall–Kier alpha value is -3.40. The highest BCUT2D eigenvalue weighted by Crippen LogP contribution is 2.42. The Labute approximate surface area is 192 Å². The number of aromatic nitrogens is 3. The van der Waals surface area contributed by atoms with Crippen LogP contribution in [-0.4, -0.2) is 23.7 Å². The van der Waals surface area contributed by atoms with Crippen molar-refractivity contribution in [2.45, 2.75) is 18.4 Å². The van der Waals surface area contributed by atoms with Crippen molar-refractivity contribution in [2.75, 3.05) is 0 Å². The summed E-state index contributed by atoms with van der Waals surface area (Å²) in [5.41, 5.74) is 2.92. The SMILES string of the molecule is O=S(O)NCc1cccc(C(c2ccc(F)cc2)C(c2cccnc2)c2cccnc2F)n1. The lowest BCUT2D eigenvalue weighted by atomic mass is 9.76. The van der Waals surface area contributed by atoms with Gasteiger partial charge in [0.2, 0.25) is 17.2 Å². The molecule has 1 aromatic carbocycles. The van der Waals surface area contributed by atoms with Gasteiger partial charge >= 0.3 is 0 Å². The van der Waals surface area contributed by atoms with E-state index in [1.54, 1.807) is 60.9 Å². The van der Waals surface area contributed by atoms with Gasteiger partial charge in [-0.05, 0) is 47.5 Å². The molecule has 33 heavy (non-hydrogen) atoms. The first-order valence-corrected chi connectivity index (χ1v) is 11.2. The summed E-state index contributed by atoms with van der Waals surface area (Å²) < 4.78 is 51.2. The highest BCUT2D eigenvalue weighted by atomic mass is 32.2. The van der Waals surface area contributed by atoms with Gasteiger partial charge < -0.3 is 0 Å². The van der Waals surface area contributed by atoms with E-state index in [0.717, 1.165) is 11.1 Å². The summed E-state index contributed by atoms with van der Waals surface area (Å²) in [4.78, 5) is 12.7. The van der Waals surface area contributed by atoms with Gasteiger partial charge in [-0.3, -0.25) is 14.5 Å². The van der Waals surface area contributed by atoms with E-state index in [1.807, 2.05) is 6.07 Å². The zero-order valence-electron chi connectivity index (χ0n) is 17.3. The molecular formula is C24H20F2N4O2S. The van der Waals surface area contributed by atoms with Crippen LogP contribution in [0.15, 0.2) is 85.3 Å². The van der Waals surface area contributed by atoms with Crippen molar-refractivity contribution in [2.24, 2.45) is 0 Å². The molecule has 4 rings (SSSR count). The molecule has 0 amide bonds. The van der Waals surface area contributed by atoms with E-state index >= 15 is 0 Å². The van der Waals surface area contributed by atoms with Crippen molar-refractivity contribution in [3.8, 4) is 0 Å². The van der Waals surface area contributed by atoms with Crippen LogP contribution >= 0.6 is 0 Å². The number of benzene rings is 1. The van der Waals surface area contributed by atoms with Crippen molar-refractivity contribution in [1.29, 1.82) is 0 Å². The molecule has 3 unspecified atom stereocenters. The second-order valence-electron chi connectivity index (χ2n) is 7.30. The van der Waals surface area contributed by atoms with Crippen LogP contribution in [0.3, 0.4) is 0 Å². The van der Waals surface area contributed by atoms with E-state index in [1.165, 1.54) is 18.3 Å². The van der Waals surface area contributed by atoms with Crippen molar-refractivity contribution in [3.63, 3.8) is 0 Å². The first-order chi connectivity index (χ1) is 16.0. The number of nitrogens with zero attached hydrogens (tertiary/aromatic N) is 3. The lowest BCUT2D eigenvalue weighted by molar-refractivity contribution is 0.538. The monoisotopic (exact) mass is 466 g/mol. The maximum Gasteiger partial charge on any atom is 0.232 e. The Balaban J connectivity index is 1.91. The highest BCUT2D eigenvalue weighted by Gasteiger charge is 2.32. The molecule has 0 aliphatic heterocycles. The summed E-state index contributed by atoms with van der Waals surface area (Å²) in [6.45, 7) is 0.0614. The van der Waals surface area contributed by atoms with Crippen LogP contribution in [0.25, 0.3) is 0 Å². The predicted octanol–water partition coefficient (Wildman–Crippen LogP) is 4.34. The molecule has 2 N–H and O–H groups in total. The minimum atomic E-state index is -2.19. The zero-order chi connectivity index (χ0) is 23.2. The molecule has 3 heterocycles. The van der Waals surface area contributed by atoms with Crippen LogP contribution < -0.4 is 4.72 Å². The van der Waals surface area contributed by atoms with Crippen LogP contribution in [0.4, 0.5) is 8.78 Å². The lowest BCUT2D eigenvalue weighted by Crippen LogP contribution is -2.20. The summed E-state index contributed by atoms with van der Waals surface area (Å²) in [7, 11) is 0. The third-order valence-electron chi connectivity index (χ3n) is 5.25. The topological polar surface area (TPSA) is 88.0 Å². The molecule has 0 radical (unpaired) electrons. The third-order valence-corrected chi connectivity index (χ3v) is 5.64. The number of nitrogens with one attached hydrogen (secondary N) is 1. The summed E-state index contributed by atoms with van der Waals surface area (Å²) in [5.74, 6) is -2.10. The molecule has 9 heteroatoms. The standard InChI is InChI=1S/C24H20F2N4O2S/c25-18-10-8-16(9-11-18)23(21-7-1-5-19(30-21)15-29-33(31)32)22(17-4-2-12-27-14-17)20-6-3-13-28-24(20)26/h1-14,22-23,29H,15H2,(H,31,32). The second-order valence-corrected chi connectivity index (χ2v) is 8.09. The van der Waals surface area contributed by atoms with Gasteiger partial charge in [0.15, 0.2) is 0 Å². The smallest absolute Gasteiger partial charge is 0.232 e. The fourth-order valence-corrected chi connectivity index (χ4v) is 4.12. The summed E-state index contributed by atoms with van der Waals surface area (Å²) in [6, 6.07) is 18.2. The average molecular weight is 467 g/mol. The van der Waals surface area contributed by atoms with Gasteiger partial charge in [-0.2, -0.15) is 4.39 Å². The Bertz CT molecular complexity index is 1240. The van der Waals surface area contributed by atoms with Crippen LogP contribution in [0.1, 0.15) is 39.9 Å². The quantitative estimate of drug-likeness (QED) is 0.298. The van der Waals surface area contributed by atoms with Crippen LogP contribution in [-0.2, 0) is 17.8 Å². The van der Waals surface area contributed by atoms with Gasteiger partial charge in [0.05, 0.1) is 12.2 Å². The molecule has 0 fully saturated rings. The van der Waals surface area contributed by atoms with Crippen LogP contribution in [0.2, 0.25) is 0 Å². The predicted molar refractivity (Wildman–Crippen MR) is 120 cm³/mol. The molecule has 3 aromatic heterocycles. The Morgan fingerprint density at radius 2 is 1.70 bits per heavy atom. The zero-order valence-corrected chi connectivity index (χ0v) is 18.1. The Morgan fingerprint density at radius 3 is 2.39 bits per heavy atom. The number of hydrogen-bond donors (Lipinski definition) is 2. The minimum absolute atomic E-state index is 0.0614. The molecule has 6 nitrogen and oxygen atoms in total. The lowest BCUT2D eigenvalue weighted by Gasteiger charge is -2.28. The fraction of sp³-hybridized carbons (Fsp3) is 0.125. The minimum Gasteiger partial charge on any atom is -0.294 e. The Morgan fingerprint density at radius 1 is 0.909 bits per heavy atom. The number of rotatable bonds is 8. The number of halogens is 2. The molecule has 0 aliphatic rings. The maximum absolute atomic E-state index is 15.0. The number of hydrogen-bond acceptors (Lipinski definition) is 4. The van der Waals surface area contributed by atoms with Crippen molar-refractivity contribution < 1.29 is 17.5 Å². The molecular weight excluding hydrogens is 446 g/mol. The molecule has 4 aromatic rings. The first-order valence-electron chi connectivity index (χ1n) is 10.1. The maximum atomic E-state index is 15.0. The van der Waals surface area contributed by atoms with E-state index in [2.05, 4.69) is 19.7 Å². The van der Waals surface area contributed by atoms with Gasteiger partial charge in [0.25, 0.3) is 0 Å². The molecule has 0 spiro atoms. The molecule has 0 bridgehead atoms. The molecule has 3 atom stereocenters. The van der Waals surface area contributed by atoms with Gasteiger partial charge in [0, 0.05) is 41.7 Å². The normalized spacial score (nSPS) is 13.9. The van der Waals surface area contributed by atoms with E-state index in [-0.39, 0.29) is 12.4 Å². The van der Waals surface area contributed by atoms with E-state index in [4.69, 9.17) is 4.55 Å². The summed E-state index contributed by atoms with van der Waals surface area (Å²) in [6.07, 6.45) is 4.67. The highest BCUT2D eigenvalue weighted by molar-refractivity contribution is 7.77. The van der Waals surface area contributed by atoms with Crippen molar-refractivity contribution in [3.05, 3.63) is 125 Å².